The second-order valence-corrected chi connectivity index (χ2v) is 4.16. The molecule has 2 N–H and O–H groups in total. The molecule has 0 bridgehead atoms. The van der Waals surface area contributed by atoms with Gasteiger partial charge in [0.25, 0.3) is 0 Å². The lowest BCUT2D eigenvalue weighted by atomic mass is 10.1. The molecule has 1 aromatic carbocycles. The van der Waals surface area contributed by atoms with Crippen molar-refractivity contribution in [2.24, 2.45) is 5.73 Å². The molecule has 0 fully saturated rings. The number of benzene rings is 1. The van der Waals surface area contributed by atoms with E-state index in [0.29, 0.717) is 18.8 Å². The van der Waals surface area contributed by atoms with Gasteiger partial charge in [0.1, 0.15) is 0 Å². The van der Waals surface area contributed by atoms with Gasteiger partial charge in [0, 0.05) is 6.04 Å². The monoisotopic (exact) mass is 261 g/mol. The number of ether oxygens (including phenoxy) is 2. The molecule has 4 nitrogen and oxygen atoms in total. The van der Waals surface area contributed by atoms with Crippen molar-refractivity contribution in [3.63, 3.8) is 0 Å². The van der Waals surface area contributed by atoms with E-state index in [1.807, 2.05) is 19.1 Å². The number of carbonyl (C=O) groups is 1. The molecule has 102 valence electrons. The van der Waals surface area contributed by atoms with Crippen LogP contribution in [0.4, 0.5) is 0 Å². The summed E-state index contributed by atoms with van der Waals surface area (Å²) >= 11 is 0. The summed E-state index contributed by atoms with van der Waals surface area (Å²) in [6, 6.07) is 7.10. The largest absolute Gasteiger partial charge is 0.449 e. The number of carbonyl (C=O) groups excluding carboxylic acids is 1. The molecule has 0 aliphatic rings. The van der Waals surface area contributed by atoms with Gasteiger partial charge < -0.3 is 15.2 Å². The first-order chi connectivity index (χ1) is 9.17. The van der Waals surface area contributed by atoms with E-state index in [2.05, 4.69) is 5.92 Å². The number of nitrogens with two attached hydrogens (primary N) is 1. The Morgan fingerprint density at radius 1 is 1.42 bits per heavy atom. The van der Waals surface area contributed by atoms with E-state index in [1.165, 1.54) is 0 Å². The van der Waals surface area contributed by atoms with Crippen molar-refractivity contribution in [3.8, 4) is 12.3 Å². The van der Waals surface area contributed by atoms with Crippen molar-refractivity contribution in [1.82, 2.24) is 0 Å². The fraction of sp³-hybridized carbons (Fsp3) is 0.400. The fourth-order valence-corrected chi connectivity index (χ4v) is 1.37. The average molecular weight is 261 g/mol. The molecule has 4 heteroatoms. The van der Waals surface area contributed by atoms with Crippen LogP contribution < -0.4 is 5.73 Å². The molecule has 0 saturated heterocycles. The third-order valence-corrected chi connectivity index (χ3v) is 2.60. The second-order valence-electron chi connectivity index (χ2n) is 4.16. The first-order valence-corrected chi connectivity index (χ1v) is 6.20. The van der Waals surface area contributed by atoms with Gasteiger partial charge in [-0.05, 0) is 24.1 Å². The molecule has 0 aliphatic carbocycles. The molecule has 1 unspecified atom stereocenters. The van der Waals surface area contributed by atoms with Gasteiger partial charge in [0.05, 0.1) is 18.8 Å². The highest BCUT2D eigenvalue weighted by molar-refractivity contribution is 5.89. The topological polar surface area (TPSA) is 61.5 Å². The number of hydrogen-bond donors (Lipinski definition) is 1. The van der Waals surface area contributed by atoms with Crippen LogP contribution in [0, 0.1) is 12.3 Å². The van der Waals surface area contributed by atoms with E-state index in [0.717, 1.165) is 12.0 Å². The van der Waals surface area contributed by atoms with Gasteiger partial charge in [-0.15, -0.1) is 6.42 Å². The Morgan fingerprint density at radius 2 is 2.11 bits per heavy atom. The molecule has 0 amide bonds. The highest BCUT2D eigenvalue weighted by Crippen LogP contribution is 2.07. The van der Waals surface area contributed by atoms with Gasteiger partial charge >= 0.3 is 5.97 Å². The number of terminal acetylenes is 1. The van der Waals surface area contributed by atoms with Crippen LogP contribution in [0.1, 0.15) is 29.3 Å². The minimum absolute atomic E-state index is 0.0153. The quantitative estimate of drug-likeness (QED) is 0.600. The highest BCUT2D eigenvalue weighted by atomic mass is 16.5. The minimum atomic E-state index is -0.418. The summed E-state index contributed by atoms with van der Waals surface area (Å²) < 4.78 is 10.3. The lowest BCUT2D eigenvalue weighted by Gasteiger charge is -2.09. The maximum absolute atomic E-state index is 11.5. The first kappa shape index (κ1) is 15.2. The molecular formula is C15H19NO3. The fourth-order valence-electron chi connectivity index (χ4n) is 1.37. The Morgan fingerprint density at radius 3 is 2.68 bits per heavy atom. The Labute approximate surface area is 113 Å². The summed E-state index contributed by atoms with van der Waals surface area (Å²) in [5.74, 6) is 1.83. The molecule has 0 saturated carbocycles. The van der Waals surface area contributed by atoms with E-state index in [1.54, 1.807) is 12.1 Å². The molecular weight excluding hydrogens is 242 g/mol. The van der Waals surface area contributed by atoms with E-state index in [9.17, 15) is 4.79 Å². The van der Waals surface area contributed by atoms with Gasteiger partial charge in [-0.1, -0.05) is 25.0 Å². The molecule has 1 atom stereocenters. The Kier molecular flexibility index (Phi) is 6.65. The Bertz CT molecular complexity index is 434. The van der Waals surface area contributed by atoms with Crippen molar-refractivity contribution >= 4 is 5.97 Å². The molecule has 1 rings (SSSR count). The Hall–Kier alpha value is -1.83. The number of hydrogen-bond acceptors (Lipinski definition) is 4. The summed E-state index contributed by atoms with van der Waals surface area (Å²) in [6.45, 7) is 3.01. The number of esters is 1. The lowest BCUT2D eigenvalue weighted by molar-refractivity contribution is 0.0556. The smallest absolute Gasteiger partial charge is 0.339 e. The normalized spacial score (nSPS) is 11.6. The summed E-state index contributed by atoms with van der Waals surface area (Å²) in [7, 11) is 0. The molecule has 0 radical (unpaired) electrons. The zero-order valence-corrected chi connectivity index (χ0v) is 11.1. The predicted molar refractivity (Wildman–Crippen MR) is 73.5 cm³/mol. The van der Waals surface area contributed by atoms with Gasteiger partial charge in [0.2, 0.25) is 0 Å². The lowest BCUT2D eigenvalue weighted by Crippen LogP contribution is -2.24. The molecule has 0 aliphatic heterocycles. The third-order valence-electron chi connectivity index (χ3n) is 2.60. The minimum Gasteiger partial charge on any atom is -0.449 e. The summed E-state index contributed by atoms with van der Waals surface area (Å²) in [5.41, 5.74) is 7.20. The van der Waals surface area contributed by atoms with Crippen LogP contribution in [-0.2, 0) is 16.1 Å². The second kappa shape index (κ2) is 8.30. The van der Waals surface area contributed by atoms with Gasteiger partial charge in [-0.25, -0.2) is 4.79 Å². The average Bonchev–Trinajstić information content (AvgIpc) is 2.45. The van der Waals surface area contributed by atoms with Crippen molar-refractivity contribution < 1.29 is 14.3 Å². The van der Waals surface area contributed by atoms with E-state index in [-0.39, 0.29) is 12.6 Å². The van der Waals surface area contributed by atoms with Crippen LogP contribution in [0.25, 0.3) is 0 Å². The molecule has 0 heterocycles. The first-order valence-electron chi connectivity index (χ1n) is 6.20. The van der Waals surface area contributed by atoms with Crippen LogP contribution in [0.3, 0.4) is 0 Å². The van der Waals surface area contributed by atoms with Crippen LogP contribution in [-0.4, -0.2) is 25.2 Å². The van der Waals surface area contributed by atoms with Crippen LogP contribution in [0.2, 0.25) is 0 Å². The van der Waals surface area contributed by atoms with Crippen molar-refractivity contribution in [2.45, 2.75) is 26.0 Å². The number of rotatable bonds is 7. The van der Waals surface area contributed by atoms with Crippen LogP contribution >= 0.6 is 0 Å². The van der Waals surface area contributed by atoms with E-state index < -0.39 is 5.97 Å². The van der Waals surface area contributed by atoms with Gasteiger partial charge in [-0.3, -0.25) is 0 Å². The van der Waals surface area contributed by atoms with Gasteiger partial charge in [-0.2, -0.15) is 0 Å². The summed E-state index contributed by atoms with van der Waals surface area (Å²) in [5, 5.41) is 0. The van der Waals surface area contributed by atoms with Crippen molar-refractivity contribution in [2.75, 3.05) is 13.2 Å². The van der Waals surface area contributed by atoms with Crippen LogP contribution in [0.15, 0.2) is 24.3 Å². The Balaban J connectivity index is 2.43. The molecule has 0 aromatic heterocycles. The maximum Gasteiger partial charge on any atom is 0.339 e. The predicted octanol–water partition coefficient (Wildman–Crippen LogP) is 1.73. The maximum atomic E-state index is 11.5. The molecule has 1 aromatic rings. The zero-order chi connectivity index (χ0) is 14.1. The molecule has 19 heavy (non-hydrogen) atoms. The van der Waals surface area contributed by atoms with Crippen LogP contribution in [0.5, 0.6) is 0 Å². The highest BCUT2D eigenvalue weighted by Gasteiger charge is 2.06. The molecule has 0 spiro atoms. The van der Waals surface area contributed by atoms with Gasteiger partial charge in [0.15, 0.2) is 6.61 Å². The van der Waals surface area contributed by atoms with E-state index >= 15 is 0 Å². The third kappa shape index (κ3) is 5.56. The summed E-state index contributed by atoms with van der Waals surface area (Å²) in [6.07, 6.45) is 5.90. The van der Waals surface area contributed by atoms with Crippen molar-refractivity contribution in [3.05, 3.63) is 35.4 Å². The van der Waals surface area contributed by atoms with E-state index in [4.69, 9.17) is 21.6 Å². The summed E-state index contributed by atoms with van der Waals surface area (Å²) in [4.78, 5) is 11.5. The standard InChI is InChI=1S/C15H19NO3/c1-3-9-19-15(17)13-7-5-12(6-8-13)10-18-11-14(16)4-2/h1,5-8,14H,4,9-11,16H2,2H3. The SMILES string of the molecule is C#CCOC(=O)c1ccc(COCC(N)CC)cc1. The van der Waals surface area contributed by atoms with Crippen molar-refractivity contribution in [1.29, 1.82) is 0 Å². The zero-order valence-electron chi connectivity index (χ0n) is 11.1.